The predicted molar refractivity (Wildman–Crippen MR) is 78.1 cm³/mol. The summed E-state index contributed by atoms with van der Waals surface area (Å²) in [6, 6.07) is 3.60. The van der Waals surface area contributed by atoms with E-state index in [0.717, 1.165) is 0 Å². The lowest BCUT2D eigenvalue weighted by atomic mass is 10.2. The number of H-pyrrole nitrogens is 1. The third kappa shape index (κ3) is 4.13. The Labute approximate surface area is 134 Å². The first-order chi connectivity index (χ1) is 10.7. The van der Waals surface area contributed by atoms with Gasteiger partial charge in [-0.3, -0.25) is 5.10 Å². The molecule has 0 radical (unpaired) electrons. The topological polar surface area (TPSA) is 82.7 Å². The molecule has 2 rings (SSSR count). The number of urea groups is 1. The third-order valence-electron chi connectivity index (χ3n) is 3.03. The van der Waals surface area contributed by atoms with Crippen molar-refractivity contribution in [2.75, 3.05) is 5.32 Å². The first-order valence-corrected chi connectivity index (χ1v) is 6.88. The standard InChI is InChI=1S/C13H13ClF3N5O/c1-6-8(14)4-3-5-9(6)19-12(23)18-7(2)10-20-11(22-21-10)13(15,16)17/h3-5,7H,1-2H3,(H2,18,19,23)(H,20,21,22). The van der Waals surface area contributed by atoms with Crippen molar-refractivity contribution >= 4 is 23.3 Å². The molecule has 2 amide bonds. The molecule has 0 aliphatic heterocycles. The van der Waals surface area contributed by atoms with Crippen LogP contribution in [0.2, 0.25) is 5.02 Å². The van der Waals surface area contributed by atoms with E-state index in [1.807, 2.05) is 0 Å². The van der Waals surface area contributed by atoms with Crippen molar-refractivity contribution in [3.05, 3.63) is 40.4 Å². The van der Waals surface area contributed by atoms with Gasteiger partial charge in [-0.1, -0.05) is 17.7 Å². The number of amides is 2. The lowest BCUT2D eigenvalue weighted by Crippen LogP contribution is -2.32. The Balaban J connectivity index is 2.02. The quantitative estimate of drug-likeness (QED) is 0.792. The molecule has 1 atom stereocenters. The number of nitrogens with one attached hydrogen (secondary N) is 3. The van der Waals surface area contributed by atoms with Crippen LogP contribution < -0.4 is 10.6 Å². The van der Waals surface area contributed by atoms with E-state index in [2.05, 4.69) is 25.8 Å². The predicted octanol–water partition coefficient (Wildman–Crippen LogP) is 3.67. The molecule has 1 aromatic carbocycles. The summed E-state index contributed by atoms with van der Waals surface area (Å²) in [4.78, 5) is 15.2. The lowest BCUT2D eigenvalue weighted by molar-refractivity contribution is -0.144. The summed E-state index contributed by atoms with van der Waals surface area (Å²) in [5.74, 6) is -1.39. The van der Waals surface area contributed by atoms with E-state index in [4.69, 9.17) is 11.6 Å². The highest BCUT2D eigenvalue weighted by atomic mass is 35.5. The van der Waals surface area contributed by atoms with Crippen LogP contribution in [-0.2, 0) is 6.18 Å². The molecule has 1 aromatic heterocycles. The van der Waals surface area contributed by atoms with Gasteiger partial charge in [0, 0.05) is 10.7 Å². The highest BCUT2D eigenvalue weighted by Gasteiger charge is 2.36. The Bertz CT molecular complexity index is 716. The maximum Gasteiger partial charge on any atom is 0.453 e. The summed E-state index contributed by atoms with van der Waals surface area (Å²) >= 11 is 5.94. The van der Waals surface area contributed by atoms with Crippen molar-refractivity contribution in [2.45, 2.75) is 26.1 Å². The Morgan fingerprint density at radius 2 is 2.09 bits per heavy atom. The van der Waals surface area contributed by atoms with Crippen molar-refractivity contribution in [1.82, 2.24) is 20.5 Å². The first kappa shape index (κ1) is 17.1. The van der Waals surface area contributed by atoms with Gasteiger partial charge in [0.15, 0.2) is 0 Å². The van der Waals surface area contributed by atoms with Crippen molar-refractivity contribution in [1.29, 1.82) is 0 Å². The van der Waals surface area contributed by atoms with E-state index in [1.165, 1.54) is 6.92 Å². The first-order valence-electron chi connectivity index (χ1n) is 6.50. The molecule has 3 N–H and O–H groups in total. The fourth-order valence-corrected chi connectivity index (χ4v) is 1.94. The fraction of sp³-hybridized carbons (Fsp3) is 0.308. The molecule has 23 heavy (non-hydrogen) atoms. The van der Waals surface area contributed by atoms with Crippen LogP contribution in [-0.4, -0.2) is 21.2 Å². The molecule has 0 saturated heterocycles. The molecule has 0 fully saturated rings. The van der Waals surface area contributed by atoms with Gasteiger partial charge in [-0.15, -0.1) is 5.10 Å². The molecule has 6 nitrogen and oxygen atoms in total. The van der Waals surface area contributed by atoms with E-state index in [0.29, 0.717) is 16.3 Å². The highest BCUT2D eigenvalue weighted by Crippen LogP contribution is 2.26. The largest absolute Gasteiger partial charge is 0.453 e. The molecule has 0 aliphatic carbocycles. The number of hydrogen-bond donors (Lipinski definition) is 3. The number of benzene rings is 1. The normalized spacial score (nSPS) is 12.8. The Kier molecular flexibility index (Phi) is 4.79. The van der Waals surface area contributed by atoms with Gasteiger partial charge in [-0.25, -0.2) is 9.78 Å². The second kappa shape index (κ2) is 6.45. The second-order valence-electron chi connectivity index (χ2n) is 4.77. The van der Waals surface area contributed by atoms with Gasteiger partial charge < -0.3 is 10.6 Å². The van der Waals surface area contributed by atoms with Crippen LogP contribution >= 0.6 is 11.6 Å². The zero-order valence-corrected chi connectivity index (χ0v) is 12.9. The number of carbonyl (C=O) groups is 1. The monoisotopic (exact) mass is 347 g/mol. The third-order valence-corrected chi connectivity index (χ3v) is 3.44. The average Bonchev–Trinajstić information content (AvgIpc) is 2.93. The van der Waals surface area contributed by atoms with E-state index >= 15 is 0 Å². The summed E-state index contributed by atoms with van der Waals surface area (Å²) in [6.45, 7) is 3.21. The van der Waals surface area contributed by atoms with Gasteiger partial charge in [0.1, 0.15) is 5.82 Å². The van der Waals surface area contributed by atoms with Crippen LogP contribution in [0.15, 0.2) is 18.2 Å². The molecule has 0 aliphatic rings. The highest BCUT2D eigenvalue weighted by molar-refractivity contribution is 6.31. The molecule has 1 unspecified atom stereocenters. The summed E-state index contributed by atoms with van der Waals surface area (Å²) in [5, 5.41) is 10.8. The number of rotatable bonds is 3. The maximum absolute atomic E-state index is 12.4. The van der Waals surface area contributed by atoms with Crippen molar-refractivity contribution < 1.29 is 18.0 Å². The molecule has 0 spiro atoms. The zero-order chi connectivity index (χ0) is 17.2. The summed E-state index contributed by atoms with van der Waals surface area (Å²) in [5.41, 5.74) is 1.17. The minimum atomic E-state index is -4.64. The summed E-state index contributed by atoms with van der Waals surface area (Å²) in [7, 11) is 0. The Hall–Kier alpha value is -2.29. The number of aromatic amines is 1. The molecule has 1 heterocycles. The van der Waals surface area contributed by atoms with Crippen LogP contribution in [0.25, 0.3) is 0 Å². The molecule has 124 valence electrons. The molecule has 0 saturated carbocycles. The summed E-state index contributed by atoms with van der Waals surface area (Å²) in [6.07, 6.45) is -4.64. The molecule has 0 bridgehead atoms. The number of nitrogens with zero attached hydrogens (tertiary/aromatic N) is 2. The van der Waals surface area contributed by atoms with Crippen molar-refractivity contribution in [3.63, 3.8) is 0 Å². The van der Waals surface area contributed by atoms with Gasteiger partial charge in [0.2, 0.25) is 0 Å². The van der Waals surface area contributed by atoms with Gasteiger partial charge in [-0.2, -0.15) is 13.2 Å². The van der Waals surface area contributed by atoms with Gasteiger partial charge in [-0.05, 0) is 31.5 Å². The number of aromatic nitrogens is 3. The van der Waals surface area contributed by atoms with Crippen LogP contribution in [0, 0.1) is 6.92 Å². The smallest absolute Gasteiger partial charge is 0.328 e. The van der Waals surface area contributed by atoms with Gasteiger partial charge in [0.05, 0.1) is 6.04 Å². The number of alkyl halides is 3. The van der Waals surface area contributed by atoms with E-state index in [-0.39, 0.29) is 5.82 Å². The number of carbonyl (C=O) groups excluding carboxylic acids is 1. The van der Waals surface area contributed by atoms with E-state index in [9.17, 15) is 18.0 Å². The molecular formula is C13H13ClF3N5O. The molecular weight excluding hydrogens is 335 g/mol. The van der Waals surface area contributed by atoms with Crippen molar-refractivity contribution in [2.24, 2.45) is 0 Å². The van der Waals surface area contributed by atoms with Crippen LogP contribution in [0.4, 0.5) is 23.7 Å². The van der Waals surface area contributed by atoms with E-state index < -0.39 is 24.1 Å². The average molecular weight is 348 g/mol. The van der Waals surface area contributed by atoms with Crippen LogP contribution in [0.5, 0.6) is 0 Å². The van der Waals surface area contributed by atoms with E-state index in [1.54, 1.807) is 25.1 Å². The SMILES string of the molecule is Cc1c(Cl)cccc1NC(=O)NC(C)c1nc(C(F)(F)F)n[nH]1. The minimum Gasteiger partial charge on any atom is -0.328 e. The molecule has 2 aromatic rings. The lowest BCUT2D eigenvalue weighted by Gasteiger charge is -2.14. The number of hydrogen-bond acceptors (Lipinski definition) is 3. The van der Waals surface area contributed by atoms with Gasteiger partial charge in [0.25, 0.3) is 5.82 Å². The maximum atomic E-state index is 12.4. The number of anilines is 1. The van der Waals surface area contributed by atoms with Crippen LogP contribution in [0.1, 0.15) is 30.2 Å². The summed E-state index contributed by atoms with van der Waals surface area (Å²) < 4.78 is 37.3. The van der Waals surface area contributed by atoms with Gasteiger partial charge >= 0.3 is 12.2 Å². The Morgan fingerprint density at radius 3 is 2.70 bits per heavy atom. The van der Waals surface area contributed by atoms with Crippen molar-refractivity contribution in [3.8, 4) is 0 Å². The zero-order valence-electron chi connectivity index (χ0n) is 12.1. The fourth-order valence-electron chi connectivity index (χ4n) is 1.76. The second-order valence-corrected chi connectivity index (χ2v) is 5.18. The number of halogens is 4. The Morgan fingerprint density at radius 1 is 1.39 bits per heavy atom. The van der Waals surface area contributed by atoms with Crippen LogP contribution in [0.3, 0.4) is 0 Å². The minimum absolute atomic E-state index is 0.102. The molecule has 10 heteroatoms.